The van der Waals surface area contributed by atoms with Gasteiger partial charge in [0, 0.05) is 25.1 Å². The lowest BCUT2D eigenvalue weighted by molar-refractivity contribution is -0.158. The first-order valence-corrected chi connectivity index (χ1v) is 8.72. The summed E-state index contributed by atoms with van der Waals surface area (Å²) in [7, 11) is 0. The third-order valence-electron chi connectivity index (χ3n) is 4.30. The summed E-state index contributed by atoms with van der Waals surface area (Å²) in [5.41, 5.74) is 0.706. The lowest BCUT2D eigenvalue weighted by Crippen LogP contribution is -2.38. The molecular formula is C19H21FN2O4. The van der Waals surface area contributed by atoms with Crippen LogP contribution in [0.1, 0.15) is 32.1 Å². The Labute approximate surface area is 151 Å². The number of aromatic nitrogens is 1. The topological polar surface area (TPSA) is 72.6 Å². The van der Waals surface area contributed by atoms with Crippen molar-refractivity contribution in [2.45, 2.75) is 38.7 Å². The molecule has 1 aliphatic rings. The molecule has 26 heavy (non-hydrogen) atoms. The van der Waals surface area contributed by atoms with Crippen LogP contribution in [0, 0.1) is 5.82 Å². The molecule has 1 fully saturated rings. The van der Waals surface area contributed by atoms with E-state index in [4.69, 9.17) is 9.15 Å². The number of hydrogen-bond acceptors (Lipinski definition) is 5. The lowest BCUT2D eigenvalue weighted by Gasteiger charge is -2.20. The van der Waals surface area contributed by atoms with Crippen molar-refractivity contribution in [3.63, 3.8) is 0 Å². The first-order valence-electron chi connectivity index (χ1n) is 8.72. The summed E-state index contributed by atoms with van der Waals surface area (Å²) in [4.78, 5) is 29.9. The third kappa shape index (κ3) is 4.47. The van der Waals surface area contributed by atoms with Crippen molar-refractivity contribution >= 4 is 11.9 Å². The van der Waals surface area contributed by atoms with Crippen LogP contribution in [0.5, 0.6) is 0 Å². The number of likely N-dealkylation sites (tertiary alicyclic amines) is 1. The van der Waals surface area contributed by atoms with Gasteiger partial charge in [-0.1, -0.05) is 0 Å². The normalized spacial score (nSPS) is 15.1. The van der Waals surface area contributed by atoms with Crippen molar-refractivity contribution in [2.24, 2.45) is 0 Å². The molecular weight excluding hydrogens is 339 g/mol. The molecule has 0 radical (unpaired) electrons. The van der Waals surface area contributed by atoms with Gasteiger partial charge in [-0.3, -0.25) is 9.59 Å². The summed E-state index contributed by atoms with van der Waals surface area (Å²) in [6, 6.07) is 5.88. The second kappa shape index (κ2) is 8.12. The molecule has 3 rings (SSSR count). The lowest BCUT2D eigenvalue weighted by atomic mass is 10.2. The molecule has 1 aromatic carbocycles. The van der Waals surface area contributed by atoms with Crippen LogP contribution in [0.2, 0.25) is 0 Å². The molecule has 1 saturated heterocycles. The Balaban J connectivity index is 1.48. The molecule has 1 aromatic heterocycles. The first kappa shape index (κ1) is 18.1. The Hall–Kier alpha value is -2.70. The fourth-order valence-corrected chi connectivity index (χ4v) is 2.88. The highest BCUT2D eigenvalue weighted by Gasteiger charge is 2.25. The molecule has 0 aliphatic carbocycles. The summed E-state index contributed by atoms with van der Waals surface area (Å²) < 4.78 is 23.7. The molecule has 6 nitrogen and oxygen atoms in total. The number of benzene rings is 1. The Morgan fingerprint density at radius 2 is 1.96 bits per heavy atom. The minimum absolute atomic E-state index is 0.0704. The minimum Gasteiger partial charge on any atom is -0.453 e. The number of oxazole rings is 1. The van der Waals surface area contributed by atoms with Gasteiger partial charge in [-0.15, -0.1) is 0 Å². The van der Waals surface area contributed by atoms with E-state index in [9.17, 15) is 14.0 Å². The monoisotopic (exact) mass is 360 g/mol. The van der Waals surface area contributed by atoms with Gasteiger partial charge >= 0.3 is 5.97 Å². The summed E-state index contributed by atoms with van der Waals surface area (Å²) in [5, 5.41) is 0. The summed E-state index contributed by atoms with van der Waals surface area (Å²) in [5.74, 6) is -0.0447. The molecule has 1 aliphatic heterocycles. The van der Waals surface area contributed by atoms with E-state index in [2.05, 4.69) is 4.98 Å². The average Bonchev–Trinajstić information content (AvgIpc) is 3.32. The van der Waals surface area contributed by atoms with E-state index in [1.165, 1.54) is 18.3 Å². The number of nitrogens with zero attached hydrogens (tertiary/aromatic N) is 2. The highest BCUT2D eigenvalue weighted by atomic mass is 19.1. The van der Waals surface area contributed by atoms with Crippen molar-refractivity contribution in [3.8, 4) is 11.3 Å². The van der Waals surface area contributed by atoms with E-state index < -0.39 is 12.1 Å². The van der Waals surface area contributed by atoms with Gasteiger partial charge in [0.15, 0.2) is 17.8 Å². The molecule has 1 unspecified atom stereocenters. The SMILES string of the molecule is CC(OC(=O)CCc1ncc(-c2ccc(F)cc2)o1)C(=O)N1CCCC1. The standard InChI is InChI=1S/C19H21FN2O4/c1-13(19(24)22-10-2-3-11-22)25-18(23)9-8-17-21-12-16(26-17)14-4-6-15(20)7-5-14/h4-7,12-13H,2-3,8-11H2,1H3. The van der Waals surface area contributed by atoms with E-state index in [0.717, 1.165) is 25.9 Å². The Morgan fingerprint density at radius 1 is 1.27 bits per heavy atom. The Kier molecular flexibility index (Phi) is 5.65. The number of carbonyl (C=O) groups excluding carboxylic acids is 2. The summed E-state index contributed by atoms with van der Waals surface area (Å²) in [6.45, 7) is 3.04. The molecule has 0 bridgehead atoms. The van der Waals surface area contributed by atoms with Gasteiger partial charge in [-0.05, 0) is 44.0 Å². The van der Waals surface area contributed by atoms with Crippen molar-refractivity contribution in [3.05, 3.63) is 42.2 Å². The molecule has 2 heterocycles. The van der Waals surface area contributed by atoms with Crippen LogP contribution < -0.4 is 0 Å². The molecule has 0 spiro atoms. The first-order chi connectivity index (χ1) is 12.5. The van der Waals surface area contributed by atoms with Crippen LogP contribution in [0.4, 0.5) is 4.39 Å². The van der Waals surface area contributed by atoms with Crippen molar-refractivity contribution < 1.29 is 23.1 Å². The van der Waals surface area contributed by atoms with Gasteiger partial charge < -0.3 is 14.1 Å². The minimum atomic E-state index is -0.778. The second-order valence-corrected chi connectivity index (χ2v) is 6.29. The van der Waals surface area contributed by atoms with E-state index >= 15 is 0 Å². The average molecular weight is 360 g/mol. The van der Waals surface area contributed by atoms with Gasteiger partial charge in [-0.2, -0.15) is 0 Å². The zero-order chi connectivity index (χ0) is 18.5. The number of esters is 1. The van der Waals surface area contributed by atoms with Gasteiger partial charge in [0.25, 0.3) is 5.91 Å². The maximum atomic E-state index is 13.0. The number of ether oxygens (including phenoxy) is 1. The number of carbonyl (C=O) groups is 2. The fourth-order valence-electron chi connectivity index (χ4n) is 2.88. The molecule has 1 atom stereocenters. The quantitative estimate of drug-likeness (QED) is 0.741. The number of halogens is 1. The van der Waals surface area contributed by atoms with Crippen molar-refractivity contribution in [1.29, 1.82) is 0 Å². The molecule has 7 heteroatoms. The van der Waals surface area contributed by atoms with Gasteiger partial charge in [-0.25, -0.2) is 9.37 Å². The summed E-state index contributed by atoms with van der Waals surface area (Å²) >= 11 is 0. The smallest absolute Gasteiger partial charge is 0.307 e. The van der Waals surface area contributed by atoms with Crippen LogP contribution in [0.15, 0.2) is 34.9 Å². The number of rotatable bonds is 6. The highest BCUT2D eigenvalue weighted by Crippen LogP contribution is 2.21. The fraction of sp³-hybridized carbons (Fsp3) is 0.421. The molecule has 138 valence electrons. The van der Waals surface area contributed by atoms with Gasteiger partial charge in [0.1, 0.15) is 5.82 Å². The predicted octanol–water partition coefficient (Wildman–Crippen LogP) is 2.97. The predicted molar refractivity (Wildman–Crippen MR) is 91.6 cm³/mol. The molecule has 0 N–H and O–H groups in total. The van der Waals surface area contributed by atoms with E-state index in [1.54, 1.807) is 24.0 Å². The molecule has 2 aromatic rings. The largest absolute Gasteiger partial charge is 0.453 e. The van der Waals surface area contributed by atoms with Crippen LogP contribution in [-0.2, 0) is 20.7 Å². The van der Waals surface area contributed by atoms with Crippen LogP contribution in [-0.4, -0.2) is 41.0 Å². The second-order valence-electron chi connectivity index (χ2n) is 6.29. The van der Waals surface area contributed by atoms with Crippen molar-refractivity contribution in [2.75, 3.05) is 13.1 Å². The van der Waals surface area contributed by atoms with E-state index in [-0.39, 0.29) is 24.6 Å². The van der Waals surface area contributed by atoms with Crippen LogP contribution >= 0.6 is 0 Å². The van der Waals surface area contributed by atoms with Crippen LogP contribution in [0.25, 0.3) is 11.3 Å². The molecule has 0 saturated carbocycles. The molecule has 1 amide bonds. The summed E-state index contributed by atoms with van der Waals surface area (Å²) in [6.07, 6.45) is 3.08. The van der Waals surface area contributed by atoms with E-state index in [0.29, 0.717) is 17.2 Å². The Bertz CT molecular complexity index is 766. The Morgan fingerprint density at radius 3 is 2.65 bits per heavy atom. The number of aryl methyl sites for hydroxylation is 1. The maximum absolute atomic E-state index is 13.0. The zero-order valence-corrected chi connectivity index (χ0v) is 14.6. The highest BCUT2D eigenvalue weighted by molar-refractivity contribution is 5.83. The zero-order valence-electron chi connectivity index (χ0n) is 14.6. The number of hydrogen-bond donors (Lipinski definition) is 0. The van der Waals surface area contributed by atoms with Crippen molar-refractivity contribution in [1.82, 2.24) is 9.88 Å². The maximum Gasteiger partial charge on any atom is 0.307 e. The van der Waals surface area contributed by atoms with Gasteiger partial charge in [0.2, 0.25) is 0 Å². The van der Waals surface area contributed by atoms with E-state index in [1.807, 2.05) is 0 Å². The number of amides is 1. The third-order valence-corrected chi connectivity index (χ3v) is 4.30. The van der Waals surface area contributed by atoms with Gasteiger partial charge in [0.05, 0.1) is 12.6 Å². The van der Waals surface area contributed by atoms with Crippen LogP contribution in [0.3, 0.4) is 0 Å².